The van der Waals surface area contributed by atoms with Gasteiger partial charge in [0.1, 0.15) is 16.7 Å². The quantitative estimate of drug-likeness (QED) is 0.629. The second-order valence-corrected chi connectivity index (χ2v) is 5.63. The molecule has 0 bridgehead atoms. The van der Waals surface area contributed by atoms with Crippen molar-refractivity contribution < 1.29 is 14.3 Å². The third-order valence-corrected chi connectivity index (χ3v) is 4.02. The molecule has 0 N–H and O–H groups in total. The van der Waals surface area contributed by atoms with Crippen molar-refractivity contribution >= 4 is 23.6 Å². The molecule has 0 saturated heterocycles. The molecule has 108 valence electrons. The molecule has 6 heteroatoms. The van der Waals surface area contributed by atoms with E-state index in [0.29, 0.717) is 28.3 Å². The second kappa shape index (κ2) is 5.37. The predicted molar refractivity (Wildman–Crippen MR) is 78.8 cm³/mol. The van der Waals surface area contributed by atoms with Crippen molar-refractivity contribution in [2.45, 2.75) is 24.5 Å². The first-order valence-corrected chi connectivity index (χ1v) is 7.81. The molecule has 5 nitrogen and oxygen atoms in total. The summed E-state index contributed by atoms with van der Waals surface area (Å²) in [5.41, 5.74) is 1.60. The highest BCUT2D eigenvalue weighted by molar-refractivity contribution is 7.98. The average molecular weight is 302 g/mol. The second-order valence-electron chi connectivity index (χ2n) is 4.83. The first kappa shape index (κ1) is 13.9. The molecule has 0 radical (unpaired) electrons. The van der Waals surface area contributed by atoms with E-state index in [1.54, 1.807) is 24.3 Å². The normalized spacial score (nSPS) is 17.2. The highest BCUT2D eigenvalue weighted by atomic mass is 32.2. The molecular weight excluding hydrogens is 288 g/mol. The highest BCUT2D eigenvalue weighted by Crippen LogP contribution is 2.29. The summed E-state index contributed by atoms with van der Waals surface area (Å²) >= 11 is 1.34. The fourth-order valence-corrected chi connectivity index (χ4v) is 2.96. The van der Waals surface area contributed by atoms with Crippen LogP contribution in [0.15, 0.2) is 35.4 Å². The molecule has 2 heterocycles. The van der Waals surface area contributed by atoms with Crippen LogP contribution in [0, 0.1) is 0 Å². The minimum Gasteiger partial charge on any atom is -0.459 e. The van der Waals surface area contributed by atoms with Gasteiger partial charge in [-0.15, -0.1) is 11.8 Å². The maximum atomic E-state index is 12.6. The highest BCUT2D eigenvalue weighted by Gasteiger charge is 2.33. The number of aromatic nitrogens is 2. The lowest BCUT2D eigenvalue weighted by molar-refractivity contribution is 0.0292. The first-order chi connectivity index (χ1) is 10.1. The van der Waals surface area contributed by atoms with Gasteiger partial charge < -0.3 is 4.74 Å². The van der Waals surface area contributed by atoms with Crippen LogP contribution in [0.2, 0.25) is 0 Å². The van der Waals surface area contributed by atoms with E-state index < -0.39 is 5.97 Å². The van der Waals surface area contributed by atoms with Crippen molar-refractivity contribution in [1.82, 2.24) is 9.78 Å². The molecule has 1 aliphatic heterocycles. The van der Waals surface area contributed by atoms with Gasteiger partial charge in [-0.05, 0) is 25.3 Å². The largest absolute Gasteiger partial charge is 0.459 e. The third-order valence-electron chi connectivity index (χ3n) is 3.35. The number of thioether (sulfide) groups is 1. The molecule has 1 atom stereocenters. The van der Waals surface area contributed by atoms with E-state index in [1.165, 1.54) is 16.4 Å². The number of carbonyl (C=O) groups is 2. The smallest absolute Gasteiger partial charge is 0.343 e. The van der Waals surface area contributed by atoms with Crippen LogP contribution in [0.1, 0.15) is 33.3 Å². The van der Waals surface area contributed by atoms with E-state index >= 15 is 0 Å². The number of ether oxygens (including phenoxy) is 1. The third kappa shape index (κ3) is 2.35. The lowest BCUT2D eigenvalue weighted by atomic mass is 10.1. The lowest BCUT2D eigenvalue weighted by Gasteiger charge is -2.19. The van der Waals surface area contributed by atoms with Crippen LogP contribution >= 0.6 is 11.8 Å². The molecule has 0 spiro atoms. The fourth-order valence-electron chi connectivity index (χ4n) is 2.39. The van der Waals surface area contributed by atoms with E-state index in [9.17, 15) is 9.59 Å². The van der Waals surface area contributed by atoms with Gasteiger partial charge in [0.05, 0.1) is 5.69 Å². The Balaban J connectivity index is 2.12. The van der Waals surface area contributed by atoms with Gasteiger partial charge in [-0.25, -0.2) is 4.79 Å². The Hall–Kier alpha value is -2.08. The summed E-state index contributed by atoms with van der Waals surface area (Å²) in [7, 11) is 0. The Morgan fingerprint density at radius 1 is 1.38 bits per heavy atom. The minimum atomic E-state index is -0.403. The minimum absolute atomic E-state index is 0.228. The van der Waals surface area contributed by atoms with Gasteiger partial charge in [-0.3, -0.25) is 4.79 Å². The Morgan fingerprint density at radius 2 is 2.10 bits per heavy atom. The average Bonchev–Trinajstić information content (AvgIpc) is 2.86. The number of hydrogen-bond acceptors (Lipinski definition) is 5. The van der Waals surface area contributed by atoms with Crippen molar-refractivity contribution in [3.8, 4) is 0 Å². The summed E-state index contributed by atoms with van der Waals surface area (Å²) in [6, 6.07) is 8.92. The number of benzene rings is 1. The molecule has 2 aromatic rings. The van der Waals surface area contributed by atoms with Crippen LogP contribution in [0.5, 0.6) is 0 Å². The van der Waals surface area contributed by atoms with Crippen molar-refractivity contribution in [2.75, 3.05) is 6.26 Å². The molecule has 21 heavy (non-hydrogen) atoms. The van der Waals surface area contributed by atoms with Gasteiger partial charge >= 0.3 is 5.97 Å². The van der Waals surface area contributed by atoms with E-state index in [4.69, 9.17) is 4.74 Å². The summed E-state index contributed by atoms with van der Waals surface area (Å²) in [6.07, 6.45) is 2.07. The van der Waals surface area contributed by atoms with Crippen LogP contribution in [0.3, 0.4) is 0 Å². The van der Waals surface area contributed by atoms with Crippen molar-refractivity contribution in [1.29, 1.82) is 0 Å². The Kier molecular flexibility index (Phi) is 3.55. The molecular formula is C15H14N2O3S. The number of hydrogen-bond donors (Lipinski definition) is 0. The van der Waals surface area contributed by atoms with Gasteiger partial charge in [-0.1, -0.05) is 18.2 Å². The lowest BCUT2D eigenvalue weighted by Crippen LogP contribution is -2.28. The molecule has 1 aromatic carbocycles. The Bertz CT molecular complexity index is 709. The maximum Gasteiger partial charge on any atom is 0.343 e. The van der Waals surface area contributed by atoms with E-state index in [1.807, 2.05) is 19.2 Å². The molecule has 3 rings (SSSR count). The monoisotopic (exact) mass is 302 g/mol. The standard InChI is InChI=1S/C15H14N2O3S/c1-9-8-11-12(15(19)20-9)13(21-2)16-17(11)14(18)10-6-4-3-5-7-10/h3-7,9H,8H2,1-2H3/t9-/m0/s1. The Labute approximate surface area is 126 Å². The molecule has 1 aromatic heterocycles. The summed E-state index contributed by atoms with van der Waals surface area (Å²) in [5.74, 6) is -0.630. The van der Waals surface area contributed by atoms with Crippen LogP contribution < -0.4 is 0 Å². The molecule has 0 saturated carbocycles. The molecule has 0 amide bonds. The van der Waals surface area contributed by atoms with Crippen molar-refractivity contribution in [3.63, 3.8) is 0 Å². The number of cyclic esters (lactones) is 1. The van der Waals surface area contributed by atoms with Gasteiger partial charge in [0.15, 0.2) is 0 Å². The van der Waals surface area contributed by atoms with Gasteiger partial charge in [0.2, 0.25) is 0 Å². The maximum absolute atomic E-state index is 12.6. The SMILES string of the molecule is CSc1nn(C(=O)c2ccccc2)c2c1C(=O)O[C@@H](C)C2. The number of nitrogens with zero attached hydrogens (tertiary/aromatic N) is 2. The molecule has 1 aliphatic rings. The van der Waals surface area contributed by atoms with Crippen molar-refractivity contribution in [2.24, 2.45) is 0 Å². The van der Waals surface area contributed by atoms with Gasteiger partial charge in [-0.2, -0.15) is 9.78 Å². The van der Waals surface area contributed by atoms with E-state index in [2.05, 4.69) is 5.10 Å². The number of esters is 1. The van der Waals surface area contributed by atoms with Crippen LogP contribution in [-0.4, -0.2) is 34.0 Å². The summed E-state index contributed by atoms with van der Waals surface area (Å²) < 4.78 is 6.58. The van der Waals surface area contributed by atoms with Crippen LogP contribution in [-0.2, 0) is 11.2 Å². The number of carbonyl (C=O) groups excluding carboxylic acids is 2. The summed E-state index contributed by atoms with van der Waals surface area (Å²) in [4.78, 5) is 24.6. The fraction of sp³-hybridized carbons (Fsp3) is 0.267. The zero-order valence-corrected chi connectivity index (χ0v) is 12.5. The van der Waals surface area contributed by atoms with Crippen LogP contribution in [0.4, 0.5) is 0 Å². The van der Waals surface area contributed by atoms with Gasteiger partial charge in [0, 0.05) is 12.0 Å². The van der Waals surface area contributed by atoms with E-state index in [-0.39, 0.29) is 12.0 Å². The number of fused-ring (bicyclic) bond motifs is 1. The molecule has 0 fully saturated rings. The predicted octanol–water partition coefficient (Wildman–Crippen LogP) is 2.39. The van der Waals surface area contributed by atoms with Gasteiger partial charge in [0.25, 0.3) is 5.91 Å². The zero-order chi connectivity index (χ0) is 15.0. The topological polar surface area (TPSA) is 61.2 Å². The number of rotatable bonds is 2. The Morgan fingerprint density at radius 3 is 2.76 bits per heavy atom. The molecule has 0 unspecified atom stereocenters. The van der Waals surface area contributed by atoms with Crippen LogP contribution in [0.25, 0.3) is 0 Å². The summed E-state index contributed by atoms with van der Waals surface area (Å²) in [5, 5.41) is 4.83. The van der Waals surface area contributed by atoms with E-state index in [0.717, 1.165) is 0 Å². The zero-order valence-electron chi connectivity index (χ0n) is 11.7. The molecule has 0 aliphatic carbocycles. The van der Waals surface area contributed by atoms with Crippen molar-refractivity contribution in [3.05, 3.63) is 47.2 Å². The first-order valence-electron chi connectivity index (χ1n) is 6.58. The summed E-state index contributed by atoms with van der Waals surface area (Å²) in [6.45, 7) is 1.81.